The molecular formula is C17H33GeNOSi. The predicted octanol–water partition coefficient (Wildman–Crippen LogP) is 3.62. The molecule has 1 saturated heterocycles. The molecule has 0 spiro atoms. The molecule has 0 aromatic carbocycles. The van der Waals surface area contributed by atoms with Crippen molar-refractivity contribution in [2.75, 3.05) is 19.6 Å². The van der Waals surface area contributed by atoms with Crippen molar-refractivity contribution in [3.05, 3.63) is 12.1 Å². The first-order valence-electron chi connectivity index (χ1n) is 8.62. The first-order valence-corrected chi connectivity index (χ1v) is 19.2. The summed E-state index contributed by atoms with van der Waals surface area (Å²) in [5.41, 5.74) is 0. The molecule has 0 aliphatic carbocycles. The number of likely N-dealkylation sites (tertiary alicyclic amines) is 1. The Morgan fingerprint density at radius 1 is 1.10 bits per heavy atom. The maximum absolute atomic E-state index is 6.29. The summed E-state index contributed by atoms with van der Waals surface area (Å²) in [4.78, 5) is 2.66. The minimum atomic E-state index is -1.80. The van der Waals surface area contributed by atoms with Crippen LogP contribution in [-0.4, -0.2) is 45.9 Å². The monoisotopic (exact) mass is 369 g/mol. The molecule has 1 aromatic rings. The Morgan fingerprint density at radius 3 is 2.33 bits per heavy atom. The molecule has 1 fully saturated rings. The summed E-state index contributed by atoms with van der Waals surface area (Å²) in [7, 11) is -1.39. The van der Waals surface area contributed by atoms with Gasteiger partial charge in [0.25, 0.3) is 0 Å². The molecule has 0 amide bonds. The molecule has 21 heavy (non-hydrogen) atoms. The zero-order chi connectivity index (χ0) is 15.5. The fraction of sp³-hybridized carbons (Fsp3) is 0.765. The minimum absolute atomic E-state index is 1.29. The van der Waals surface area contributed by atoms with Crippen LogP contribution in [0.1, 0.15) is 25.7 Å². The Labute approximate surface area is 134 Å². The van der Waals surface area contributed by atoms with Crippen LogP contribution in [0, 0.1) is 0 Å². The fourth-order valence-electron chi connectivity index (χ4n) is 3.16. The van der Waals surface area contributed by atoms with Crippen LogP contribution in [0.5, 0.6) is 0 Å². The standard InChI is InChI=1S/C17H33GeNOSi/c1-18(2,3)16-10-11-17(20-16)21(4,5)15-9-14-19-12-7-6-8-13-19/h10-11H,6-9,12-15H2,1-5H3. The summed E-state index contributed by atoms with van der Waals surface area (Å²) in [6.45, 7) is 8.89. The second kappa shape index (κ2) is 7.05. The molecule has 0 atom stereocenters. The van der Waals surface area contributed by atoms with Crippen LogP contribution in [0.4, 0.5) is 0 Å². The van der Waals surface area contributed by atoms with Crippen LogP contribution in [0.15, 0.2) is 16.5 Å². The number of hydrogen-bond acceptors (Lipinski definition) is 2. The molecule has 2 nitrogen and oxygen atoms in total. The quantitative estimate of drug-likeness (QED) is 0.714. The van der Waals surface area contributed by atoms with Crippen molar-refractivity contribution in [1.29, 1.82) is 0 Å². The van der Waals surface area contributed by atoms with Gasteiger partial charge in [0.15, 0.2) is 0 Å². The summed E-state index contributed by atoms with van der Waals surface area (Å²) in [6.07, 6.45) is 5.58. The summed E-state index contributed by atoms with van der Waals surface area (Å²) >= 11 is -1.80. The van der Waals surface area contributed by atoms with Gasteiger partial charge in [0.1, 0.15) is 0 Å². The molecular weight excluding hydrogens is 335 g/mol. The van der Waals surface area contributed by atoms with Crippen molar-refractivity contribution in [1.82, 2.24) is 4.90 Å². The summed E-state index contributed by atoms with van der Waals surface area (Å²) in [5.74, 6) is 7.23. The van der Waals surface area contributed by atoms with E-state index in [1.165, 1.54) is 61.3 Å². The average Bonchev–Trinajstić information content (AvgIpc) is 2.90. The SMILES string of the molecule is C[Si](C)(CCCN1CCCCC1)c1cc[c]([Ge]([CH3])([CH3])[CH3])o1. The van der Waals surface area contributed by atoms with E-state index >= 15 is 0 Å². The molecule has 1 aliphatic heterocycles. The summed E-state index contributed by atoms with van der Waals surface area (Å²) < 4.78 is 7.61. The summed E-state index contributed by atoms with van der Waals surface area (Å²) in [6, 6.07) is 5.92. The molecule has 0 saturated carbocycles. The molecule has 0 radical (unpaired) electrons. The number of nitrogens with zero attached hydrogens (tertiary/aromatic N) is 1. The van der Waals surface area contributed by atoms with Crippen molar-refractivity contribution in [3.8, 4) is 0 Å². The van der Waals surface area contributed by atoms with Gasteiger partial charge in [-0.05, 0) is 0 Å². The van der Waals surface area contributed by atoms with Crippen LogP contribution >= 0.6 is 0 Å². The van der Waals surface area contributed by atoms with Crippen molar-refractivity contribution in [3.63, 3.8) is 0 Å². The molecule has 4 heteroatoms. The van der Waals surface area contributed by atoms with Gasteiger partial charge >= 0.3 is 134 Å². The van der Waals surface area contributed by atoms with Gasteiger partial charge in [0.05, 0.1) is 0 Å². The zero-order valence-corrected chi connectivity index (χ0v) is 17.8. The molecule has 0 unspecified atom stereocenters. The van der Waals surface area contributed by atoms with Crippen LogP contribution in [-0.2, 0) is 0 Å². The molecule has 1 aromatic heterocycles. The third kappa shape index (κ3) is 5.00. The van der Waals surface area contributed by atoms with E-state index < -0.39 is 21.3 Å². The van der Waals surface area contributed by atoms with E-state index in [1.807, 2.05) is 0 Å². The van der Waals surface area contributed by atoms with Gasteiger partial charge in [-0.25, -0.2) is 0 Å². The number of rotatable bonds is 6. The Kier molecular flexibility index (Phi) is 5.83. The Hall–Kier alpha value is -0.000260. The Morgan fingerprint density at radius 2 is 1.76 bits per heavy atom. The molecule has 0 bridgehead atoms. The van der Waals surface area contributed by atoms with Crippen molar-refractivity contribution < 1.29 is 4.42 Å². The van der Waals surface area contributed by atoms with E-state index in [0.29, 0.717) is 0 Å². The van der Waals surface area contributed by atoms with Gasteiger partial charge in [-0.3, -0.25) is 0 Å². The van der Waals surface area contributed by atoms with Gasteiger partial charge in [0, 0.05) is 0 Å². The Bertz CT molecular complexity index is 444. The van der Waals surface area contributed by atoms with Gasteiger partial charge in [-0.15, -0.1) is 0 Å². The van der Waals surface area contributed by atoms with E-state index in [4.69, 9.17) is 4.42 Å². The zero-order valence-electron chi connectivity index (χ0n) is 14.7. The van der Waals surface area contributed by atoms with Crippen molar-refractivity contribution in [2.45, 2.75) is 62.1 Å². The Balaban J connectivity index is 1.87. The first kappa shape index (κ1) is 17.4. The second-order valence-corrected chi connectivity index (χ2v) is 23.5. The summed E-state index contributed by atoms with van der Waals surface area (Å²) in [5, 5.41) is 1.33. The van der Waals surface area contributed by atoms with Crippen LogP contribution in [0.2, 0.25) is 36.4 Å². The van der Waals surface area contributed by atoms with Gasteiger partial charge in [0.2, 0.25) is 0 Å². The number of furan rings is 1. The molecule has 2 rings (SSSR count). The fourth-order valence-corrected chi connectivity index (χ4v) is 7.68. The van der Waals surface area contributed by atoms with Crippen LogP contribution in [0.3, 0.4) is 0 Å². The van der Waals surface area contributed by atoms with Crippen LogP contribution in [0.25, 0.3) is 0 Å². The number of piperidine rings is 1. The average molecular weight is 368 g/mol. The number of hydrogen-bond donors (Lipinski definition) is 0. The topological polar surface area (TPSA) is 16.4 Å². The van der Waals surface area contributed by atoms with Crippen molar-refractivity contribution in [2.24, 2.45) is 0 Å². The van der Waals surface area contributed by atoms with Gasteiger partial charge in [-0.2, -0.15) is 0 Å². The first-order chi connectivity index (χ1) is 9.79. The van der Waals surface area contributed by atoms with Crippen molar-refractivity contribution >= 4 is 31.3 Å². The molecule has 2 heterocycles. The van der Waals surface area contributed by atoms with E-state index in [-0.39, 0.29) is 0 Å². The molecule has 0 N–H and O–H groups in total. The maximum atomic E-state index is 6.29. The molecule has 1 aliphatic rings. The van der Waals surface area contributed by atoms with Crippen LogP contribution < -0.4 is 9.98 Å². The second-order valence-electron chi connectivity index (χ2n) is 8.30. The normalized spacial score (nSPS) is 18.1. The van der Waals surface area contributed by atoms with Gasteiger partial charge < -0.3 is 0 Å². The third-order valence-corrected chi connectivity index (χ3v) is 11.6. The van der Waals surface area contributed by atoms with E-state index in [2.05, 4.69) is 47.4 Å². The van der Waals surface area contributed by atoms with E-state index in [9.17, 15) is 0 Å². The third-order valence-electron chi connectivity index (χ3n) is 4.74. The van der Waals surface area contributed by atoms with E-state index in [1.54, 1.807) is 0 Å². The predicted molar refractivity (Wildman–Crippen MR) is 98.5 cm³/mol. The van der Waals surface area contributed by atoms with Gasteiger partial charge in [-0.1, -0.05) is 0 Å². The molecule has 120 valence electrons. The van der Waals surface area contributed by atoms with E-state index in [0.717, 1.165) is 0 Å².